The van der Waals surface area contributed by atoms with Gasteiger partial charge in [-0.25, -0.2) is 0 Å². The fourth-order valence-corrected chi connectivity index (χ4v) is 1.40. The van der Waals surface area contributed by atoms with Crippen molar-refractivity contribution < 1.29 is 4.52 Å². The van der Waals surface area contributed by atoms with Crippen molar-refractivity contribution >= 4 is 0 Å². The van der Waals surface area contributed by atoms with Crippen LogP contribution in [0.15, 0.2) is 4.52 Å². The molecule has 1 aromatic heterocycles. The summed E-state index contributed by atoms with van der Waals surface area (Å²) in [6.45, 7) is 4.22. The molecule has 0 saturated heterocycles. The second-order valence-corrected chi connectivity index (χ2v) is 3.61. The van der Waals surface area contributed by atoms with Crippen LogP contribution in [0.1, 0.15) is 44.8 Å². The minimum Gasteiger partial charge on any atom is -0.339 e. The van der Waals surface area contributed by atoms with Crippen LogP contribution in [0.5, 0.6) is 0 Å². The second kappa shape index (κ2) is 5.75. The summed E-state index contributed by atoms with van der Waals surface area (Å²) in [4.78, 5) is 4.26. The molecule has 1 rings (SSSR count). The molecule has 0 aliphatic heterocycles. The first-order valence-corrected chi connectivity index (χ1v) is 5.33. The first-order chi connectivity index (χ1) is 6.76. The zero-order valence-electron chi connectivity index (χ0n) is 8.99. The molecule has 1 unspecified atom stereocenters. The summed E-state index contributed by atoms with van der Waals surface area (Å²) in [6, 6.07) is 0.148. The first kappa shape index (κ1) is 11.2. The van der Waals surface area contributed by atoms with E-state index in [1.807, 2.05) is 0 Å². The maximum Gasteiger partial charge on any atom is 0.228 e. The Morgan fingerprint density at radius 2 is 2.14 bits per heavy atom. The molecule has 0 aliphatic rings. The van der Waals surface area contributed by atoms with Crippen LogP contribution in [0.4, 0.5) is 0 Å². The molecule has 0 bridgehead atoms. The van der Waals surface area contributed by atoms with Crippen LogP contribution in [0.2, 0.25) is 0 Å². The third kappa shape index (κ3) is 3.46. The number of rotatable bonds is 6. The fraction of sp³-hybridized carbons (Fsp3) is 0.800. The summed E-state index contributed by atoms with van der Waals surface area (Å²) in [5.41, 5.74) is 5.87. The van der Waals surface area contributed by atoms with Crippen LogP contribution < -0.4 is 5.73 Å². The van der Waals surface area contributed by atoms with E-state index in [0.29, 0.717) is 12.3 Å². The third-order valence-corrected chi connectivity index (χ3v) is 2.08. The van der Waals surface area contributed by atoms with Crippen molar-refractivity contribution in [2.45, 2.75) is 52.0 Å². The Kier molecular flexibility index (Phi) is 4.59. The van der Waals surface area contributed by atoms with Gasteiger partial charge < -0.3 is 10.3 Å². The fourth-order valence-electron chi connectivity index (χ4n) is 1.40. The molecule has 2 N–H and O–H groups in total. The molecule has 0 fully saturated rings. The van der Waals surface area contributed by atoms with Gasteiger partial charge in [-0.2, -0.15) is 4.98 Å². The average Bonchev–Trinajstić information content (AvgIpc) is 2.53. The van der Waals surface area contributed by atoms with Crippen molar-refractivity contribution in [1.29, 1.82) is 0 Å². The van der Waals surface area contributed by atoms with Crippen LogP contribution in [-0.4, -0.2) is 16.2 Å². The molecule has 80 valence electrons. The predicted octanol–water partition coefficient (Wildman–Crippen LogP) is 1.69. The SMILES string of the molecule is CCCc1noc(CC(N)CCC)n1. The summed E-state index contributed by atoms with van der Waals surface area (Å²) < 4.78 is 5.09. The molecular weight excluding hydrogens is 178 g/mol. The highest BCUT2D eigenvalue weighted by molar-refractivity contribution is 4.88. The Hall–Kier alpha value is -0.900. The zero-order chi connectivity index (χ0) is 10.4. The number of aryl methyl sites for hydroxylation is 1. The van der Waals surface area contributed by atoms with Gasteiger partial charge in [-0.3, -0.25) is 0 Å². The number of aromatic nitrogens is 2. The van der Waals surface area contributed by atoms with Crippen LogP contribution in [0.25, 0.3) is 0 Å². The van der Waals surface area contributed by atoms with Crippen molar-refractivity contribution in [3.05, 3.63) is 11.7 Å². The lowest BCUT2D eigenvalue weighted by molar-refractivity contribution is 0.361. The topological polar surface area (TPSA) is 64.9 Å². The highest BCUT2D eigenvalue weighted by Crippen LogP contribution is 2.05. The van der Waals surface area contributed by atoms with Gasteiger partial charge in [-0.15, -0.1) is 0 Å². The standard InChI is InChI=1S/C10H19N3O/c1-3-5-8(11)7-10-12-9(6-4-2)13-14-10/h8H,3-7,11H2,1-2H3. The lowest BCUT2D eigenvalue weighted by atomic mass is 10.1. The molecule has 4 nitrogen and oxygen atoms in total. The summed E-state index contributed by atoms with van der Waals surface area (Å²) in [5, 5.41) is 3.88. The van der Waals surface area contributed by atoms with E-state index in [0.717, 1.165) is 31.5 Å². The van der Waals surface area contributed by atoms with Crippen molar-refractivity contribution in [1.82, 2.24) is 10.1 Å². The maximum absolute atomic E-state index is 5.87. The highest BCUT2D eigenvalue weighted by Gasteiger charge is 2.09. The normalized spacial score (nSPS) is 13.1. The Morgan fingerprint density at radius 1 is 1.36 bits per heavy atom. The van der Waals surface area contributed by atoms with Gasteiger partial charge in [0.05, 0.1) is 0 Å². The molecular formula is C10H19N3O. The van der Waals surface area contributed by atoms with E-state index in [4.69, 9.17) is 10.3 Å². The molecule has 1 aromatic rings. The molecule has 0 saturated carbocycles. The molecule has 14 heavy (non-hydrogen) atoms. The maximum atomic E-state index is 5.87. The molecule has 0 spiro atoms. The van der Waals surface area contributed by atoms with E-state index in [1.165, 1.54) is 0 Å². The predicted molar refractivity (Wildman–Crippen MR) is 54.9 cm³/mol. The van der Waals surface area contributed by atoms with Gasteiger partial charge in [-0.1, -0.05) is 25.4 Å². The Morgan fingerprint density at radius 3 is 2.79 bits per heavy atom. The number of nitrogens with two attached hydrogens (primary N) is 1. The van der Waals surface area contributed by atoms with E-state index < -0.39 is 0 Å². The van der Waals surface area contributed by atoms with Crippen molar-refractivity contribution in [2.24, 2.45) is 5.73 Å². The largest absolute Gasteiger partial charge is 0.339 e. The summed E-state index contributed by atoms with van der Waals surface area (Å²) in [5.74, 6) is 1.47. The van der Waals surface area contributed by atoms with E-state index in [-0.39, 0.29) is 6.04 Å². The zero-order valence-corrected chi connectivity index (χ0v) is 8.99. The molecule has 0 radical (unpaired) electrons. The van der Waals surface area contributed by atoms with E-state index in [1.54, 1.807) is 0 Å². The summed E-state index contributed by atoms with van der Waals surface area (Å²) in [7, 11) is 0. The molecule has 0 aliphatic carbocycles. The second-order valence-electron chi connectivity index (χ2n) is 3.61. The van der Waals surface area contributed by atoms with Crippen LogP contribution in [0.3, 0.4) is 0 Å². The molecule has 0 aromatic carbocycles. The minimum absolute atomic E-state index is 0.148. The average molecular weight is 197 g/mol. The Bertz CT molecular complexity index is 260. The van der Waals surface area contributed by atoms with Gasteiger partial charge in [0.25, 0.3) is 0 Å². The molecule has 0 amide bonds. The summed E-state index contributed by atoms with van der Waals surface area (Å²) in [6.07, 6.45) is 4.72. The minimum atomic E-state index is 0.148. The third-order valence-electron chi connectivity index (χ3n) is 2.08. The van der Waals surface area contributed by atoms with Gasteiger partial charge in [0.15, 0.2) is 5.82 Å². The number of hydrogen-bond acceptors (Lipinski definition) is 4. The van der Waals surface area contributed by atoms with Crippen LogP contribution in [-0.2, 0) is 12.8 Å². The van der Waals surface area contributed by atoms with E-state index in [9.17, 15) is 0 Å². The monoisotopic (exact) mass is 197 g/mol. The molecule has 1 atom stereocenters. The van der Waals surface area contributed by atoms with Crippen molar-refractivity contribution in [3.8, 4) is 0 Å². The quantitative estimate of drug-likeness (QED) is 0.753. The van der Waals surface area contributed by atoms with Gasteiger partial charge in [0.1, 0.15) is 0 Å². The van der Waals surface area contributed by atoms with Gasteiger partial charge in [0, 0.05) is 18.9 Å². The smallest absolute Gasteiger partial charge is 0.228 e. The Labute approximate surface area is 84.9 Å². The van der Waals surface area contributed by atoms with E-state index >= 15 is 0 Å². The number of hydrogen-bond donors (Lipinski definition) is 1. The first-order valence-electron chi connectivity index (χ1n) is 5.33. The lowest BCUT2D eigenvalue weighted by Crippen LogP contribution is -2.22. The van der Waals surface area contributed by atoms with E-state index in [2.05, 4.69) is 24.0 Å². The van der Waals surface area contributed by atoms with Gasteiger partial charge >= 0.3 is 0 Å². The lowest BCUT2D eigenvalue weighted by Gasteiger charge is -2.05. The number of nitrogens with zero attached hydrogens (tertiary/aromatic N) is 2. The molecule has 4 heteroatoms. The van der Waals surface area contributed by atoms with Gasteiger partial charge in [0.2, 0.25) is 5.89 Å². The van der Waals surface area contributed by atoms with Crippen LogP contribution in [0, 0.1) is 0 Å². The molecule has 1 heterocycles. The van der Waals surface area contributed by atoms with Crippen molar-refractivity contribution in [2.75, 3.05) is 0 Å². The van der Waals surface area contributed by atoms with Crippen molar-refractivity contribution in [3.63, 3.8) is 0 Å². The van der Waals surface area contributed by atoms with Gasteiger partial charge in [-0.05, 0) is 12.8 Å². The Balaban J connectivity index is 2.42. The summed E-state index contributed by atoms with van der Waals surface area (Å²) >= 11 is 0. The van der Waals surface area contributed by atoms with Crippen LogP contribution >= 0.6 is 0 Å². The highest BCUT2D eigenvalue weighted by atomic mass is 16.5.